The van der Waals surface area contributed by atoms with Gasteiger partial charge >= 0.3 is 0 Å². The van der Waals surface area contributed by atoms with Crippen LogP contribution < -0.4 is 0 Å². The third-order valence-corrected chi connectivity index (χ3v) is 7.48. The van der Waals surface area contributed by atoms with E-state index in [1.165, 1.54) is 25.8 Å². The molecule has 0 aliphatic rings. The zero-order valence-electron chi connectivity index (χ0n) is 19.5. The summed E-state index contributed by atoms with van der Waals surface area (Å²) in [6.07, 6.45) is 0. The smallest absolute Gasteiger partial charge is 0.193 e. The molecule has 0 atom stereocenters. The second-order valence-electron chi connectivity index (χ2n) is 9.17. The molecule has 0 saturated carbocycles. The van der Waals surface area contributed by atoms with Crippen molar-refractivity contribution in [2.24, 2.45) is 0 Å². The van der Waals surface area contributed by atoms with Crippen LogP contribution in [0.2, 0.25) is 0 Å². The van der Waals surface area contributed by atoms with Crippen LogP contribution in [0.25, 0.3) is 0 Å². The van der Waals surface area contributed by atoms with Crippen molar-refractivity contribution in [3.63, 3.8) is 0 Å². The van der Waals surface area contributed by atoms with Gasteiger partial charge in [0.05, 0.1) is 0 Å². The van der Waals surface area contributed by atoms with Gasteiger partial charge < -0.3 is 0 Å². The zero-order valence-corrected chi connectivity index (χ0v) is 21.1. The maximum absolute atomic E-state index is 12.9. The highest BCUT2D eigenvalue weighted by Gasteiger charge is 2.15. The first-order valence-corrected chi connectivity index (χ1v) is 12.7. The molecule has 4 rings (SSSR count). The van der Waals surface area contributed by atoms with E-state index in [2.05, 4.69) is 88.4 Å². The van der Waals surface area contributed by atoms with Crippen LogP contribution in [0.5, 0.6) is 0 Å². The Morgan fingerprint density at radius 2 is 0.879 bits per heavy atom. The molecule has 4 aromatic rings. The number of ketones is 1. The topological polar surface area (TPSA) is 17.1 Å². The van der Waals surface area contributed by atoms with E-state index >= 15 is 0 Å². The monoisotopic (exact) mass is 468 g/mol. The Kier molecular flexibility index (Phi) is 7.11. The average Bonchev–Trinajstić information content (AvgIpc) is 2.81. The van der Waals surface area contributed by atoms with Gasteiger partial charge in [-0.2, -0.15) is 0 Å². The fourth-order valence-corrected chi connectivity index (χ4v) is 5.05. The zero-order chi connectivity index (χ0) is 23.4. The predicted octanol–water partition coefficient (Wildman–Crippen LogP) is 8.83. The minimum atomic E-state index is 0.0597. The van der Waals surface area contributed by atoms with Gasteiger partial charge in [-0.15, -0.1) is 0 Å². The molecule has 0 aliphatic carbocycles. The molecule has 0 N–H and O–H groups in total. The predicted molar refractivity (Wildman–Crippen MR) is 141 cm³/mol. The normalized spacial score (nSPS) is 11.4. The fourth-order valence-electron chi connectivity index (χ4n) is 3.42. The Bertz CT molecular complexity index is 1220. The van der Waals surface area contributed by atoms with Gasteiger partial charge in [-0.1, -0.05) is 86.3 Å². The molecular formula is C30H28OS2. The summed E-state index contributed by atoms with van der Waals surface area (Å²) >= 11 is 3.47. The number of hydrogen-bond donors (Lipinski definition) is 0. The summed E-state index contributed by atoms with van der Waals surface area (Å²) in [6, 6.07) is 33.1. The van der Waals surface area contributed by atoms with Crippen LogP contribution in [0.4, 0.5) is 0 Å². The van der Waals surface area contributed by atoms with E-state index in [4.69, 9.17) is 0 Å². The van der Waals surface area contributed by atoms with Crippen molar-refractivity contribution < 1.29 is 4.79 Å². The fraction of sp³-hybridized carbons (Fsp3) is 0.167. The molecule has 0 fully saturated rings. The lowest BCUT2D eigenvalue weighted by atomic mass is 9.86. The van der Waals surface area contributed by atoms with Crippen LogP contribution in [0.1, 0.15) is 47.8 Å². The molecule has 0 heterocycles. The van der Waals surface area contributed by atoms with E-state index < -0.39 is 0 Å². The molecule has 33 heavy (non-hydrogen) atoms. The van der Waals surface area contributed by atoms with E-state index in [1.807, 2.05) is 36.4 Å². The van der Waals surface area contributed by atoms with Crippen molar-refractivity contribution in [1.29, 1.82) is 0 Å². The van der Waals surface area contributed by atoms with Crippen LogP contribution in [0, 0.1) is 6.92 Å². The van der Waals surface area contributed by atoms with Crippen molar-refractivity contribution >= 4 is 29.3 Å². The van der Waals surface area contributed by atoms with Crippen molar-refractivity contribution in [3.05, 3.63) is 119 Å². The molecular weight excluding hydrogens is 440 g/mol. The minimum Gasteiger partial charge on any atom is -0.289 e. The number of carbonyl (C=O) groups excluding carboxylic acids is 1. The molecule has 0 aliphatic heterocycles. The van der Waals surface area contributed by atoms with Crippen molar-refractivity contribution in [2.45, 2.75) is 52.7 Å². The maximum atomic E-state index is 12.9. The summed E-state index contributed by atoms with van der Waals surface area (Å²) in [6.45, 7) is 8.64. The van der Waals surface area contributed by atoms with Crippen LogP contribution >= 0.6 is 23.5 Å². The van der Waals surface area contributed by atoms with Crippen molar-refractivity contribution in [2.75, 3.05) is 0 Å². The van der Waals surface area contributed by atoms with E-state index in [0.29, 0.717) is 5.56 Å². The van der Waals surface area contributed by atoms with Crippen LogP contribution in [-0.4, -0.2) is 5.78 Å². The van der Waals surface area contributed by atoms with Crippen molar-refractivity contribution in [3.8, 4) is 0 Å². The molecule has 1 nitrogen and oxygen atoms in total. The lowest BCUT2D eigenvalue weighted by Gasteiger charge is -2.19. The third kappa shape index (κ3) is 6.19. The first kappa shape index (κ1) is 23.4. The number of rotatable bonds is 6. The van der Waals surface area contributed by atoms with E-state index in [1.54, 1.807) is 23.5 Å². The van der Waals surface area contributed by atoms with Crippen LogP contribution in [0.15, 0.2) is 117 Å². The Hall–Kier alpha value is -2.75. The molecule has 0 unspecified atom stereocenters. The van der Waals surface area contributed by atoms with Crippen LogP contribution in [-0.2, 0) is 5.41 Å². The lowest BCUT2D eigenvalue weighted by molar-refractivity contribution is 0.103. The summed E-state index contributed by atoms with van der Waals surface area (Å²) in [5.41, 5.74) is 4.03. The number of benzene rings is 4. The maximum Gasteiger partial charge on any atom is 0.193 e. The summed E-state index contributed by atoms with van der Waals surface area (Å²) in [5, 5.41) is 0. The van der Waals surface area contributed by atoms with E-state index in [9.17, 15) is 4.79 Å². The first-order valence-electron chi connectivity index (χ1n) is 11.1. The number of carbonyl (C=O) groups is 1. The van der Waals surface area contributed by atoms with Gasteiger partial charge in [0.15, 0.2) is 5.78 Å². The highest BCUT2D eigenvalue weighted by atomic mass is 32.2. The van der Waals surface area contributed by atoms with Gasteiger partial charge in [-0.25, -0.2) is 0 Å². The van der Waals surface area contributed by atoms with Gasteiger partial charge in [0.2, 0.25) is 0 Å². The molecule has 0 saturated heterocycles. The van der Waals surface area contributed by atoms with Crippen LogP contribution in [0.3, 0.4) is 0 Å². The second-order valence-corrected chi connectivity index (χ2v) is 11.5. The molecule has 4 aromatic carbocycles. The minimum absolute atomic E-state index is 0.0597. The van der Waals surface area contributed by atoms with Crippen molar-refractivity contribution in [1.82, 2.24) is 0 Å². The summed E-state index contributed by atoms with van der Waals surface area (Å²) in [4.78, 5) is 17.6. The number of hydrogen-bond acceptors (Lipinski definition) is 3. The lowest BCUT2D eigenvalue weighted by Crippen LogP contribution is -2.11. The van der Waals surface area contributed by atoms with Gasteiger partial charge in [0.25, 0.3) is 0 Å². The standard InChI is InChI=1S/C30H28OS2/c1-21-5-13-25(14-6-21)32-27-17-19-28(20-18-27)33-26-15-9-23(10-16-26)29(31)22-7-11-24(12-8-22)30(2,3)4/h5-20H,1-4H3. The number of aryl methyl sites for hydroxylation is 1. The van der Waals surface area contributed by atoms with E-state index in [0.717, 1.165) is 10.5 Å². The van der Waals surface area contributed by atoms with Gasteiger partial charge in [0, 0.05) is 30.7 Å². The summed E-state index contributed by atoms with van der Waals surface area (Å²) < 4.78 is 0. The molecule has 0 spiro atoms. The molecule has 0 radical (unpaired) electrons. The molecule has 0 amide bonds. The Morgan fingerprint density at radius 3 is 1.27 bits per heavy atom. The summed E-state index contributed by atoms with van der Waals surface area (Å²) in [5.74, 6) is 0.0597. The molecule has 0 bridgehead atoms. The first-order chi connectivity index (χ1) is 15.8. The van der Waals surface area contributed by atoms with Gasteiger partial charge in [-0.3, -0.25) is 4.79 Å². The largest absolute Gasteiger partial charge is 0.289 e. The SMILES string of the molecule is Cc1ccc(Sc2ccc(Sc3ccc(C(=O)c4ccc(C(C)(C)C)cc4)cc3)cc2)cc1. The highest BCUT2D eigenvalue weighted by Crippen LogP contribution is 2.32. The second kappa shape index (κ2) is 10.0. The van der Waals surface area contributed by atoms with Gasteiger partial charge in [-0.05, 0) is 78.6 Å². The molecule has 0 aromatic heterocycles. The Balaban J connectivity index is 1.39. The molecule has 166 valence electrons. The third-order valence-electron chi connectivity index (χ3n) is 5.45. The van der Waals surface area contributed by atoms with Gasteiger partial charge in [0.1, 0.15) is 0 Å². The molecule has 3 heteroatoms. The highest BCUT2D eigenvalue weighted by molar-refractivity contribution is 7.99. The average molecular weight is 469 g/mol. The Morgan fingerprint density at radius 1 is 0.545 bits per heavy atom. The van der Waals surface area contributed by atoms with E-state index in [-0.39, 0.29) is 11.2 Å². The Labute approximate surface area is 205 Å². The summed E-state index contributed by atoms with van der Waals surface area (Å²) in [7, 11) is 0. The quantitative estimate of drug-likeness (QED) is 0.263.